The van der Waals surface area contributed by atoms with Crippen LogP contribution < -0.4 is 10.1 Å². The molecule has 6 nitrogen and oxygen atoms in total. The zero-order chi connectivity index (χ0) is 18.7. The summed E-state index contributed by atoms with van der Waals surface area (Å²) in [6.45, 7) is 4.14. The minimum absolute atomic E-state index is 0.159. The lowest BCUT2D eigenvalue weighted by atomic mass is 10.2. The molecule has 26 heavy (non-hydrogen) atoms. The summed E-state index contributed by atoms with van der Waals surface area (Å²) < 4.78 is 6.98. The highest BCUT2D eigenvalue weighted by Crippen LogP contribution is 2.19. The summed E-state index contributed by atoms with van der Waals surface area (Å²) in [5.41, 5.74) is 2.83. The van der Waals surface area contributed by atoms with Gasteiger partial charge in [-0.25, -0.2) is 9.67 Å². The van der Waals surface area contributed by atoms with E-state index in [1.807, 2.05) is 44.2 Å². The van der Waals surface area contributed by atoms with Crippen molar-refractivity contribution >= 4 is 17.5 Å². The van der Waals surface area contributed by atoms with E-state index in [1.54, 1.807) is 23.9 Å². The van der Waals surface area contributed by atoms with Crippen LogP contribution in [0, 0.1) is 13.8 Å². The van der Waals surface area contributed by atoms with Crippen molar-refractivity contribution < 1.29 is 9.53 Å². The minimum Gasteiger partial charge on any atom is -0.496 e. The van der Waals surface area contributed by atoms with Gasteiger partial charge in [0.1, 0.15) is 11.4 Å². The first-order valence-electron chi connectivity index (χ1n) is 8.10. The maximum atomic E-state index is 12.6. The molecule has 134 valence electrons. The highest BCUT2D eigenvalue weighted by Gasteiger charge is 2.15. The first kappa shape index (κ1) is 17.9. The number of aromatic nitrogens is 3. The van der Waals surface area contributed by atoms with Crippen molar-refractivity contribution in [3.05, 3.63) is 70.1 Å². The van der Waals surface area contributed by atoms with Gasteiger partial charge in [0.05, 0.1) is 17.8 Å². The number of pyridine rings is 1. The highest BCUT2D eigenvalue weighted by molar-refractivity contribution is 6.33. The van der Waals surface area contributed by atoms with E-state index >= 15 is 0 Å². The van der Waals surface area contributed by atoms with E-state index < -0.39 is 0 Å². The molecule has 0 saturated carbocycles. The van der Waals surface area contributed by atoms with Crippen molar-refractivity contribution in [1.29, 1.82) is 0 Å². The largest absolute Gasteiger partial charge is 0.496 e. The number of carbonyl (C=O) groups is 1. The van der Waals surface area contributed by atoms with Crippen LogP contribution in [0.15, 0.2) is 42.5 Å². The molecule has 2 aromatic heterocycles. The molecule has 0 aliphatic heterocycles. The van der Waals surface area contributed by atoms with Crippen molar-refractivity contribution in [2.45, 2.75) is 20.4 Å². The van der Waals surface area contributed by atoms with Crippen molar-refractivity contribution in [2.75, 3.05) is 7.11 Å². The molecule has 1 N–H and O–H groups in total. The fourth-order valence-electron chi connectivity index (χ4n) is 2.68. The number of benzene rings is 1. The van der Waals surface area contributed by atoms with Crippen LogP contribution in [-0.2, 0) is 6.54 Å². The molecule has 0 unspecified atom stereocenters. The number of nitrogens with zero attached hydrogens (tertiary/aromatic N) is 3. The third kappa shape index (κ3) is 3.70. The summed E-state index contributed by atoms with van der Waals surface area (Å²) >= 11 is 6.19. The Balaban J connectivity index is 1.83. The normalized spacial score (nSPS) is 10.6. The number of nitrogens with one attached hydrogen (secondary N) is 1. The molecule has 0 bridgehead atoms. The summed E-state index contributed by atoms with van der Waals surface area (Å²) in [6, 6.07) is 12.8. The van der Waals surface area contributed by atoms with E-state index in [-0.39, 0.29) is 16.6 Å². The van der Waals surface area contributed by atoms with Gasteiger partial charge in [0, 0.05) is 17.8 Å². The van der Waals surface area contributed by atoms with E-state index in [0.29, 0.717) is 18.1 Å². The second-order valence-corrected chi connectivity index (χ2v) is 6.24. The Labute approximate surface area is 156 Å². The molecular weight excluding hydrogens is 352 g/mol. The lowest BCUT2D eigenvalue weighted by Crippen LogP contribution is -2.25. The van der Waals surface area contributed by atoms with Crippen LogP contribution in [0.2, 0.25) is 5.02 Å². The number of para-hydroxylation sites is 1. The Kier molecular flexibility index (Phi) is 5.23. The van der Waals surface area contributed by atoms with Crippen LogP contribution in [-0.4, -0.2) is 27.8 Å². The first-order valence-corrected chi connectivity index (χ1v) is 8.47. The number of methoxy groups -OCH3 is 1. The van der Waals surface area contributed by atoms with Gasteiger partial charge in [0.25, 0.3) is 5.91 Å². The predicted molar refractivity (Wildman–Crippen MR) is 100 cm³/mol. The molecule has 0 saturated heterocycles. The van der Waals surface area contributed by atoms with Crippen LogP contribution in [0.5, 0.6) is 5.75 Å². The van der Waals surface area contributed by atoms with Crippen LogP contribution in [0.1, 0.15) is 27.4 Å². The van der Waals surface area contributed by atoms with Gasteiger partial charge in [-0.2, -0.15) is 5.10 Å². The summed E-state index contributed by atoms with van der Waals surface area (Å²) in [4.78, 5) is 17.0. The highest BCUT2D eigenvalue weighted by atomic mass is 35.5. The van der Waals surface area contributed by atoms with Gasteiger partial charge in [-0.3, -0.25) is 4.79 Å². The predicted octanol–water partition coefficient (Wildman–Crippen LogP) is 3.48. The number of amides is 1. The number of halogens is 1. The average molecular weight is 371 g/mol. The van der Waals surface area contributed by atoms with Gasteiger partial charge in [-0.05, 0) is 38.1 Å². The zero-order valence-electron chi connectivity index (χ0n) is 14.8. The van der Waals surface area contributed by atoms with Crippen molar-refractivity contribution in [2.24, 2.45) is 0 Å². The van der Waals surface area contributed by atoms with E-state index in [2.05, 4.69) is 15.4 Å². The lowest BCUT2D eigenvalue weighted by Gasteiger charge is -2.11. The second-order valence-electron chi connectivity index (χ2n) is 5.83. The number of hydrogen-bond acceptors (Lipinski definition) is 4. The molecule has 0 radical (unpaired) electrons. The SMILES string of the molecule is COc1ccccc1CNC(=O)c1nc(-n2nc(C)cc2C)ccc1Cl. The Morgan fingerprint density at radius 3 is 2.69 bits per heavy atom. The number of rotatable bonds is 5. The Bertz CT molecular complexity index is 952. The molecule has 3 aromatic rings. The Morgan fingerprint density at radius 2 is 2.00 bits per heavy atom. The first-order chi connectivity index (χ1) is 12.5. The molecule has 7 heteroatoms. The van der Waals surface area contributed by atoms with E-state index in [4.69, 9.17) is 16.3 Å². The van der Waals surface area contributed by atoms with E-state index in [9.17, 15) is 4.79 Å². The molecule has 0 aliphatic rings. The van der Waals surface area contributed by atoms with Gasteiger partial charge >= 0.3 is 0 Å². The molecule has 0 spiro atoms. The quantitative estimate of drug-likeness (QED) is 0.746. The fourth-order valence-corrected chi connectivity index (χ4v) is 2.87. The van der Waals surface area contributed by atoms with Crippen LogP contribution in [0.3, 0.4) is 0 Å². The molecule has 1 amide bonds. The Morgan fingerprint density at radius 1 is 1.23 bits per heavy atom. The van der Waals surface area contributed by atoms with E-state index in [1.165, 1.54) is 0 Å². The zero-order valence-corrected chi connectivity index (χ0v) is 15.5. The number of hydrogen-bond donors (Lipinski definition) is 1. The minimum atomic E-state index is -0.357. The second kappa shape index (κ2) is 7.58. The third-order valence-electron chi connectivity index (χ3n) is 3.90. The van der Waals surface area contributed by atoms with Gasteiger partial charge in [0.15, 0.2) is 5.82 Å². The Hall–Kier alpha value is -2.86. The number of aryl methyl sites for hydroxylation is 2. The van der Waals surface area contributed by atoms with Crippen molar-refractivity contribution in [3.8, 4) is 11.6 Å². The standard InChI is InChI=1S/C19H19ClN4O2/c1-12-10-13(2)24(23-12)17-9-8-15(20)18(22-17)19(25)21-11-14-6-4-5-7-16(14)26-3/h4-10H,11H2,1-3H3,(H,21,25). The molecule has 3 rings (SSSR count). The van der Waals surface area contributed by atoms with Crippen LogP contribution in [0.4, 0.5) is 0 Å². The van der Waals surface area contributed by atoms with Gasteiger partial charge < -0.3 is 10.1 Å². The molecule has 1 aromatic carbocycles. The van der Waals surface area contributed by atoms with Crippen LogP contribution in [0.25, 0.3) is 5.82 Å². The smallest absolute Gasteiger partial charge is 0.271 e. The van der Waals surface area contributed by atoms with Crippen molar-refractivity contribution in [3.63, 3.8) is 0 Å². The number of ether oxygens (including phenoxy) is 1. The molecule has 0 atom stereocenters. The molecule has 0 fully saturated rings. The lowest BCUT2D eigenvalue weighted by molar-refractivity contribution is 0.0946. The fraction of sp³-hybridized carbons (Fsp3) is 0.211. The maximum absolute atomic E-state index is 12.6. The molecular formula is C19H19ClN4O2. The average Bonchev–Trinajstić information content (AvgIpc) is 2.98. The molecule has 0 aliphatic carbocycles. The summed E-state index contributed by atoms with van der Waals surface area (Å²) in [6.07, 6.45) is 0. The van der Waals surface area contributed by atoms with Gasteiger partial charge in [0.2, 0.25) is 0 Å². The summed E-state index contributed by atoms with van der Waals surface area (Å²) in [5.74, 6) is 0.898. The monoisotopic (exact) mass is 370 g/mol. The topological polar surface area (TPSA) is 69.0 Å². The number of carbonyl (C=O) groups excluding carboxylic acids is 1. The van der Waals surface area contributed by atoms with Gasteiger partial charge in [-0.1, -0.05) is 29.8 Å². The maximum Gasteiger partial charge on any atom is 0.271 e. The summed E-state index contributed by atoms with van der Waals surface area (Å²) in [7, 11) is 1.59. The summed E-state index contributed by atoms with van der Waals surface area (Å²) in [5, 5.41) is 7.51. The third-order valence-corrected chi connectivity index (χ3v) is 4.21. The van der Waals surface area contributed by atoms with Crippen LogP contribution >= 0.6 is 11.6 Å². The van der Waals surface area contributed by atoms with Crippen molar-refractivity contribution in [1.82, 2.24) is 20.1 Å². The van der Waals surface area contributed by atoms with E-state index in [0.717, 1.165) is 17.0 Å². The molecule has 2 heterocycles. The van der Waals surface area contributed by atoms with Gasteiger partial charge in [-0.15, -0.1) is 0 Å².